The maximum atomic E-state index is 12.7. The van der Waals surface area contributed by atoms with Gasteiger partial charge in [0.05, 0.1) is 33.9 Å². The molecule has 1 aliphatic heterocycles. The summed E-state index contributed by atoms with van der Waals surface area (Å²) in [6.45, 7) is 4.32. The van der Waals surface area contributed by atoms with Crippen LogP contribution in [0.5, 0.6) is 0 Å². The maximum absolute atomic E-state index is 12.7. The van der Waals surface area contributed by atoms with Crippen LogP contribution in [0.1, 0.15) is 25.8 Å². The molecule has 12 heteroatoms. The molecule has 0 unspecified atom stereocenters. The minimum atomic E-state index is -3.51. The van der Waals surface area contributed by atoms with Gasteiger partial charge in [0.15, 0.2) is 5.78 Å². The van der Waals surface area contributed by atoms with Gasteiger partial charge in [-0.2, -0.15) is 0 Å². The van der Waals surface area contributed by atoms with Crippen molar-refractivity contribution in [1.82, 2.24) is 4.72 Å². The Labute approximate surface area is 212 Å². The van der Waals surface area contributed by atoms with Gasteiger partial charge >= 0.3 is 0 Å². The Balaban J connectivity index is 1.42. The second-order valence-corrected chi connectivity index (χ2v) is 11.3. The molecule has 0 radical (unpaired) electrons. The molecule has 0 amide bonds. The summed E-state index contributed by atoms with van der Waals surface area (Å²) in [6.07, 6.45) is 1.93. The van der Waals surface area contributed by atoms with Crippen LogP contribution in [0.25, 0.3) is 0 Å². The molecular formula is C24H25N3O7S2. The third-order valence-electron chi connectivity index (χ3n) is 6.16. The van der Waals surface area contributed by atoms with Crippen LogP contribution < -0.4 is 10.0 Å². The van der Waals surface area contributed by atoms with Crippen molar-refractivity contribution in [2.45, 2.75) is 35.5 Å². The summed E-state index contributed by atoms with van der Waals surface area (Å²) < 4.78 is 30.4. The number of allylic oxidation sites excluding steroid dienone is 2. The molecule has 0 saturated heterocycles. The SMILES string of the molecule is CNS(=O)(=O)c1ccc(NCCC2=C(O)/C(=C/C3=Nc4ccc(SOOO)cc4C3(C)C)C2=O)cc1. The molecule has 0 bridgehead atoms. The fourth-order valence-corrected chi connectivity index (χ4v) is 5.15. The second-order valence-electron chi connectivity index (χ2n) is 8.65. The van der Waals surface area contributed by atoms with E-state index in [1.807, 2.05) is 26.0 Å². The van der Waals surface area contributed by atoms with E-state index < -0.39 is 15.4 Å². The van der Waals surface area contributed by atoms with Gasteiger partial charge in [-0.25, -0.2) is 18.4 Å². The Hall–Kier alpha value is -3.00. The summed E-state index contributed by atoms with van der Waals surface area (Å²) in [4.78, 5) is 18.2. The molecule has 1 heterocycles. The van der Waals surface area contributed by atoms with Gasteiger partial charge in [0, 0.05) is 28.1 Å². The van der Waals surface area contributed by atoms with Crippen LogP contribution >= 0.6 is 12.0 Å². The Kier molecular flexibility index (Phi) is 7.36. The number of nitrogens with zero attached hydrogens (tertiary/aromatic N) is 1. The lowest BCUT2D eigenvalue weighted by atomic mass is 9.78. The number of benzene rings is 2. The Morgan fingerprint density at radius 2 is 1.89 bits per heavy atom. The molecule has 0 aromatic heterocycles. The van der Waals surface area contributed by atoms with E-state index in [4.69, 9.17) is 5.26 Å². The van der Waals surface area contributed by atoms with Crippen molar-refractivity contribution < 1.29 is 32.9 Å². The average molecular weight is 532 g/mol. The fourth-order valence-electron chi connectivity index (χ4n) is 4.02. The number of carbonyl (C=O) groups excluding carboxylic acids is 1. The number of carbonyl (C=O) groups is 1. The number of sulfonamides is 1. The smallest absolute Gasteiger partial charge is 0.240 e. The van der Waals surface area contributed by atoms with Gasteiger partial charge in [-0.1, -0.05) is 18.9 Å². The molecule has 0 saturated carbocycles. The van der Waals surface area contributed by atoms with Crippen LogP contribution in [0, 0.1) is 0 Å². The molecule has 0 fully saturated rings. The van der Waals surface area contributed by atoms with Crippen molar-refractivity contribution in [2.24, 2.45) is 4.99 Å². The number of fused-ring (bicyclic) bond motifs is 1. The van der Waals surface area contributed by atoms with Gasteiger partial charge in [-0.05, 0) is 67.6 Å². The normalized spacial score (nSPS) is 17.7. The Morgan fingerprint density at radius 3 is 2.53 bits per heavy atom. The molecule has 0 atom stereocenters. The highest BCUT2D eigenvalue weighted by atomic mass is 32.2. The third-order valence-corrected chi connectivity index (χ3v) is 8.17. The van der Waals surface area contributed by atoms with Gasteiger partial charge in [0.1, 0.15) is 5.76 Å². The van der Waals surface area contributed by atoms with Crippen molar-refractivity contribution in [3.05, 3.63) is 71.0 Å². The number of anilines is 1. The quantitative estimate of drug-likeness (QED) is 0.153. The predicted molar refractivity (Wildman–Crippen MR) is 136 cm³/mol. The first kappa shape index (κ1) is 26.1. The first-order valence-corrected chi connectivity index (χ1v) is 13.2. The fraction of sp³-hybridized carbons (Fsp3) is 0.250. The van der Waals surface area contributed by atoms with E-state index in [1.165, 1.54) is 19.2 Å². The van der Waals surface area contributed by atoms with Gasteiger partial charge in [-0.15, -0.1) is 4.33 Å². The predicted octanol–water partition coefficient (Wildman–Crippen LogP) is 4.21. The van der Waals surface area contributed by atoms with Crippen LogP contribution in [-0.4, -0.2) is 43.9 Å². The first-order valence-electron chi connectivity index (χ1n) is 10.9. The van der Waals surface area contributed by atoms with E-state index in [0.717, 1.165) is 23.3 Å². The highest BCUT2D eigenvalue weighted by Crippen LogP contribution is 2.43. The van der Waals surface area contributed by atoms with E-state index in [-0.39, 0.29) is 22.0 Å². The summed E-state index contributed by atoms with van der Waals surface area (Å²) >= 11 is 0.852. The lowest BCUT2D eigenvalue weighted by Gasteiger charge is -2.25. The third kappa shape index (κ3) is 4.96. The van der Waals surface area contributed by atoms with Crippen LogP contribution in [0.4, 0.5) is 11.4 Å². The average Bonchev–Trinajstić information content (AvgIpc) is 3.12. The van der Waals surface area contributed by atoms with Gasteiger partial charge in [-0.3, -0.25) is 9.79 Å². The molecule has 4 rings (SSSR count). The van der Waals surface area contributed by atoms with E-state index >= 15 is 0 Å². The molecule has 36 heavy (non-hydrogen) atoms. The van der Waals surface area contributed by atoms with Crippen molar-refractivity contribution in [2.75, 3.05) is 18.9 Å². The number of nitrogens with one attached hydrogen (secondary N) is 2. The van der Waals surface area contributed by atoms with Crippen molar-refractivity contribution in [1.29, 1.82) is 0 Å². The lowest BCUT2D eigenvalue weighted by molar-refractivity contribution is -0.432. The number of ketones is 1. The summed E-state index contributed by atoms with van der Waals surface area (Å²) in [5.74, 6) is -0.277. The van der Waals surface area contributed by atoms with Gasteiger partial charge in [0.2, 0.25) is 10.0 Å². The maximum Gasteiger partial charge on any atom is 0.240 e. The monoisotopic (exact) mass is 531 g/mol. The van der Waals surface area contributed by atoms with Crippen LogP contribution in [0.15, 0.2) is 80.2 Å². The second kappa shape index (κ2) is 10.2. The summed E-state index contributed by atoms with van der Waals surface area (Å²) in [5.41, 5.74) is 3.02. The molecule has 2 aromatic rings. The molecule has 4 N–H and O–H groups in total. The number of rotatable bonds is 10. The topological polar surface area (TPSA) is 147 Å². The number of hydrogen-bond acceptors (Lipinski definition) is 10. The van der Waals surface area contributed by atoms with E-state index in [1.54, 1.807) is 24.3 Å². The van der Waals surface area contributed by atoms with Gasteiger partial charge < -0.3 is 10.4 Å². The lowest BCUT2D eigenvalue weighted by Crippen LogP contribution is -2.29. The first-order chi connectivity index (χ1) is 17.1. The molecule has 2 aromatic carbocycles. The van der Waals surface area contributed by atoms with Crippen LogP contribution in [0.3, 0.4) is 0 Å². The van der Waals surface area contributed by atoms with Crippen LogP contribution in [0.2, 0.25) is 0 Å². The van der Waals surface area contributed by atoms with Gasteiger partial charge in [0.25, 0.3) is 0 Å². The Morgan fingerprint density at radius 1 is 1.17 bits per heavy atom. The largest absolute Gasteiger partial charge is 0.507 e. The zero-order chi connectivity index (χ0) is 26.1. The molecule has 0 spiro atoms. The van der Waals surface area contributed by atoms with Crippen molar-refractivity contribution in [3.63, 3.8) is 0 Å². The summed E-state index contributed by atoms with van der Waals surface area (Å²) in [6, 6.07) is 11.7. The number of hydrogen-bond donors (Lipinski definition) is 4. The summed E-state index contributed by atoms with van der Waals surface area (Å²) in [5, 5.41) is 25.7. The molecule has 1 aliphatic carbocycles. The summed E-state index contributed by atoms with van der Waals surface area (Å²) in [7, 11) is -2.16. The molecular weight excluding hydrogens is 506 g/mol. The van der Waals surface area contributed by atoms with Crippen molar-refractivity contribution >= 4 is 44.9 Å². The zero-order valence-corrected chi connectivity index (χ0v) is 21.4. The number of aliphatic imine (C=N–C) groups is 1. The van der Waals surface area contributed by atoms with Crippen LogP contribution in [-0.2, 0) is 29.6 Å². The zero-order valence-electron chi connectivity index (χ0n) is 19.7. The van der Waals surface area contributed by atoms with E-state index in [2.05, 4.69) is 24.4 Å². The Bertz CT molecular complexity index is 1400. The highest BCUT2D eigenvalue weighted by Gasteiger charge is 2.38. The highest BCUT2D eigenvalue weighted by molar-refractivity contribution is 7.94. The number of aliphatic hydroxyl groups excluding tert-OH is 1. The van der Waals surface area contributed by atoms with E-state index in [0.29, 0.717) is 34.8 Å². The standard InChI is InChI=1S/C24H25N3O7S2/c1-24(2)19-12-15(35-34-33-30)6-9-20(19)27-21(24)13-18-22(28)17(23(18)29)10-11-26-14-4-7-16(8-5-14)36(31,32)25-3/h4-9,12-13,25-26,28,30H,10-11H2,1-3H3/b18-13-. The minimum absolute atomic E-state index is 0.0449. The van der Waals surface area contributed by atoms with E-state index in [9.17, 15) is 18.3 Å². The molecule has 190 valence electrons. The number of Topliss-reactive ketones (excluding diaryl/α,β-unsaturated/α-hetero) is 1. The minimum Gasteiger partial charge on any atom is -0.507 e. The molecule has 10 nitrogen and oxygen atoms in total. The van der Waals surface area contributed by atoms with Crippen molar-refractivity contribution in [3.8, 4) is 0 Å². The molecule has 2 aliphatic rings. The number of aliphatic hydroxyl groups is 1.